The fourth-order valence-electron chi connectivity index (χ4n) is 4.32. The molecular formula is C19H24N4O3S. The fourth-order valence-corrected chi connectivity index (χ4v) is 4.79. The molecule has 8 heteroatoms. The minimum Gasteiger partial charge on any atom is -0.459 e. The van der Waals surface area contributed by atoms with Crippen molar-refractivity contribution < 1.29 is 12.8 Å². The number of fused-ring (bicyclic) bond motifs is 5. The van der Waals surface area contributed by atoms with E-state index in [1.165, 1.54) is 10.9 Å². The number of sulfonamides is 1. The lowest BCUT2D eigenvalue weighted by Crippen LogP contribution is -2.55. The summed E-state index contributed by atoms with van der Waals surface area (Å²) in [6.45, 7) is 2.48. The number of nitrogens with one attached hydrogen (secondary N) is 2. The van der Waals surface area contributed by atoms with Crippen LogP contribution in [0.25, 0.3) is 11.0 Å². The molecule has 0 saturated carbocycles. The Bertz CT molecular complexity index is 994. The molecule has 3 heterocycles. The Hall–Kier alpha value is -1.92. The van der Waals surface area contributed by atoms with Gasteiger partial charge in [-0.2, -0.15) is 5.26 Å². The lowest BCUT2D eigenvalue weighted by atomic mass is 9.80. The van der Waals surface area contributed by atoms with Gasteiger partial charge in [-0.25, -0.2) is 13.1 Å². The molecule has 0 spiro atoms. The smallest absolute Gasteiger partial charge is 0.208 e. The predicted octanol–water partition coefficient (Wildman–Crippen LogP) is 1.53. The van der Waals surface area contributed by atoms with E-state index < -0.39 is 15.6 Å². The molecule has 1 fully saturated rings. The van der Waals surface area contributed by atoms with Crippen LogP contribution >= 0.6 is 0 Å². The zero-order valence-electron chi connectivity index (χ0n) is 15.4. The summed E-state index contributed by atoms with van der Waals surface area (Å²) >= 11 is 0. The molecule has 0 amide bonds. The summed E-state index contributed by atoms with van der Waals surface area (Å²) in [6, 6.07) is 10.6. The van der Waals surface area contributed by atoms with E-state index >= 15 is 0 Å². The van der Waals surface area contributed by atoms with Gasteiger partial charge in [-0.05, 0) is 18.9 Å². The average Bonchev–Trinajstić information content (AvgIpc) is 3.04. The van der Waals surface area contributed by atoms with Crippen LogP contribution in [0.3, 0.4) is 0 Å². The van der Waals surface area contributed by atoms with Gasteiger partial charge >= 0.3 is 0 Å². The quantitative estimate of drug-likeness (QED) is 0.754. The molecule has 144 valence electrons. The van der Waals surface area contributed by atoms with Crippen molar-refractivity contribution in [3.63, 3.8) is 0 Å². The van der Waals surface area contributed by atoms with Gasteiger partial charge in [-0.1, -0.05) is 18.2 Å². The lowest BCUT2D eigenvalue weighted by molar-refractivity contribution is 0.0779. The zero-order valence-corrected chi connectivity index (χ0v) is 16.2. The van der Waals surface area contributed by atoms with Gasteiger partial charge in [0.25, 0.3) is 0 Å². The second kappa shape index (κ2) is 6.91. The minimum atomic E-state index is -3.22. The van der Waals surface area contributed by atoms with Gasteiger partial charge < -0.3 is 4.42 Å². The maximum absolute atomic E-state index is 11.2. The number of hydrogen-bond donors (Lipinski definition) is 2. The Labute approximate surface area is 159 Å². The molecule has 1 aromatic heterocycles. The van der Waals surface area contributed by atoms with Crippen molar-refractivity contribution in [1.29, 1.82) is 5.26 Å². The van der Waals surface area contributed by atoms with Crippen LogP contribution in [0.15, 0.2) is 28.7 Å². The van der Waals surface area contributed by atoms with E-state index in [4.69, 9.17) is 4.42 Å². The van der Waals surface area contributed by atoms with Crippen LogP contribution in [0, 0.1) is 11.3 Å². The standard InChI is InChI=1S/C19H24N4O3S/c1-27(24,25)22-9-8-21-19(13-20)7-11-23-10-6-15-14-4-2-3-5-17(14)26-18(15)16(23)12-19/h2-5,16,21-22H,6-12H2,1H3/t16-,19+/m0/s1. The first kappa shape index (κ1) is 18.4. The first-order valence-electron chi connectivity index (χ1n) is 9.26. The largest absolute Gasteiger partial charge is 0.459 e. The first-order valence-corrected chi connectivity index (χ1v) is 11.2. The van der Waals surface area contributed by atoms with Crippen LogP contribution in [-0.4, -0.2) is 51.3 Å². The van der Waals surface area contributed by atoms with Crippen LogP contribution in [0.2, 0.25) is 0 Å². The molecule has 27 heavy (non-hydrogen) atoms. The highest BCUT2D eigenvalue weighted by molar-refractivity contribution is 7.88. The monoisotopic (exact) mass is 388 g/mol. The van der Waals surface area contributed by atoms with Gasteiger partial charge in [0.05, 0.1) is 18.4 Å². The van der Waals surface area contributed by atoms with E-state index in [0.717, 1.165) is 37.1 Å². The van der Waals surface area contributed by atoms with E-state index in [9.17, 15) is 13.7 Å². The Morgan fingerprint density at radius 1 is 1.33 bits per heavy atom. The second-order valence-corrected chi connectivity index (χ2v) is 9.32. The molecule has 4 rings (SSSR count). The number of piperidine rings is 1. The van der Waals surface area contributed by atoms with Crippen LogP contribution in [0.1, 0.15) is 30.2 Å². The summed E-state index contributed by atoms with van der Waals surface area (Å²) in [4.78, 5) is 2.40. The van der Waals surface area contributed by atoms with Gasteiger partial charge in [-0.15, -0.1) is 0 Å². The number of furan rings is 1. The van der Waals surface area contributed by atoms with Crippen molar-refractivity contribution in [3.05, 3.63) is 35.6 Å². The maximum Gasteiger partial charge on any atom is 0.208 e. The van der Waals surface area contributed by atoms with Gasteiger partial charge in [0.2, 0.25) is 10.0 Å². The van der Waals surface area contributed by atoms with Crippen molar-refractivity contribution in [1.82, 2.24) is 14.9 Å². The summed E-state index contributed by atoms with van der Waals surface area (Å²) in [5, 5.41) is 14.3. The molecule has 2 aliphatic rings. The van der Waals surface area contributed by atoms with Crippen molar-refractivity contribution in [2.24, 2.45) is 0 Å². The molecule has 2 atom stereocenters. The maximum atomic E-state index is 11.2. The van der Waals surface area contributed by atoms with Gasteiger partial charge in [-0.3, -0.25) is 10.2 Å². The molecule has 2 aromatic rings. The molecule has 0 bridgehead atoms. The van der Waals surface area contributed by atoms with Gasteiger partial charge in [0, 0.05) is 43.5 Å². The van der Waals surface area contributed by atoms with E-state index in [2.05, 4.69) is 27.1 Å². The average molecular weight is 388 g/mol. The number of nitriles is 1. The second-order valence-electron chi connectivity index (χ2n) is 7.48. The molecular weight excluding hydrogens is 364 g/mol. The Balaban J connectivity index is 1.55. The summed E-state index contributed by atoms with van der Waals surface area (Å²) in [7, 11) is -3.22. The van der Waals surface area contributed by atoms with E-state index in [1.54, 1.807) is 0 Å². The molecule has 1 saturated heterocycles. The third-order valence-electron chi connectivity index (χ3n) is 5.66. The SMILES string of the molecule is CS(=O)(=O)NCCN[C@]1(C#N)CCN2CCc3c(oc4ccccc34)[C@@H]2C1. The summed E-state index contributed by atoms with van der Waals surface area (Å²) in [6.07, 6.45) is 3.45. The van der Waals surface area contributed by atoms with Crippen LogP contribution < -0.4 is 10.0 Å². The Morgan fingerprint density at radius 3 is 2.93 bits per heavy atom. The number of nitrogens with zero attached hydrogens (tertiary/aromatic N) is 2. The van der Waals surface area contributed by atoms with E-state index in [-0.39, 0.29) is 12.6 Å². The normalized spacial score (nSPS) is 25.7. The number of hydrogen-bond acceptors (Lipinski definition) is 6. The van der Waals surface area contributed by atoms with Crippen molar-refractivity contribution >= 4 is 21.0 Å². The topological polar surface area (TPSA) is 98.4 Å². The van der Waals surface area contributed by atoms with E-state index in [0.29, 0.717) is 19.4 Å². The summed E-state index contributed by atoms with van der Waals surface area (Å²) in [5.74, 6) is 0.984. The van der Waals surface area contributed by atoms with Crippen molar-refractivity contribution in [2.75, 3.05) is 32.4 Å². The molecule has 2 aliphatic heterocycles. The Kier molecular flexibility index (Phi) is 4.72. The molecule has 0 aliphatic carbocycles. The molecule has 2 N–H and O–H groups in total. The van der Waals surface area contributed by atoms with Gasteiger partial charge in [0.1, 0.15) is 16.9 Å². The molecule has 0 unspecified atom stereocenters. The minimum absolute atomic E-state index is 0.0740. The number of para-hydroxylation sites is 1. The van der Waals surface area contributed by atoms with Crippen LogP contribution in [0.4, 0.5) is 0 Å². The first-order chi connectivity index (χ1) is 12.9. The van der Waals surface area contributed by atoms with Crippen LogP contribution in [0.5, 0.6) is 0 Å². The van der Waals surface area contributed by atoms with Crippen molar-refractivity contribution in [2.45, 2.75) is 30.8 Å². The highest BCUT2D eigenvalue weighted by Gasteiger charge is 2.44. The molecule has 1 aromatic carbocycles. The fraction of sp³-hybridized carbons (Fsp3) is 0.526. The third kappa shape index (κ3) is 3.60. The number of rotatable bonds is 5. The highest BCUT2D eigenvalue weighted by atomic mass is 32.2. The molecule has 7 nitrogen and oxygen atoms in total. The van der Waals surface area contributed by atoms with Gasteiger partial charge in [0.15, 0.2) is 0 Å². The number of benzene rings is 1. The summed E-state index contributed by atoms with van der Waals surface area (Å²) in [5.41, 5.74) is 1.50. The van der Waals surface area contributed by atoms with Crippen LogP contribution in [-0.2, 0) is 16.4 Å². The van der Waals surface area contributed by atoms with Crippen molar-refractivity contribution in [3.8, 4) is 6.07 Å². The van der Waals surface area contributed by atoms with E-state index in [1.807, 2.05) is 18.2 Å². The predicted molar refractivity (Wildman–Crippen MR) is 103 cm³/mol. The lowest BCUT2D eigenvalue weighted by Gasteiger charge is -2.45. The summed E-state index contributed by atoms with van der Waals surface area (Å²) < 4.78 is 31.1. The zero-order chi connectivity index (χ0) is 19.1. The Morgan fingerprint density at radius 2 is 2.15 bits per heavy atom. The molecule has 0 radical (unpaired) electrons. The third-order valence-corrected chi connectivity index (χ3v) is 6.38. The highest BCUT2D eigenvalue weighted by Crippen LogP contribution is 2.43.